The average Bonchev–Trinajstić information content (AvgIpc) is 2.81. The summed E-state index contributed by atoms with van der Waals surface area (Å²) in [5.41, 5.74) is 1.10. The zero-order chi connectivity index (χ0) is 13.0. The van der Waals surface area contributed by atoms with Gasteiger partial charge in [0, 0.05) is 34.4 Å². The molecule has 18 heavy (non-hydrogen) atoms. The lowest BCUT2D eigenvalue weighted by atomic mass is 10.0. The van der Waals surface area contributed by atoms with E-state index in [4.69, 9.17) is 11.6 Å². The van der Waals surface area contributed by atoms with Crippen LogP contribution in [0.4, 0.5) is 0 Å². The van der Waals surface area contributed by atoms with E-state index < -0.39 is 0 Å². The van der Waals surface area contributed by atoms with E-state index in [-0.39, 0.29) is 6.04 Å². The van der Waals surface area contributed by atoms with Gasteiger partial charge in [0.1, 0.15) is 5.82 Å². The molecule has 0 aliphatic heterocycles. The Morgan fingerprint density at radius 2 is 2.33 bits per heavy atom. The Kier molecular flexibility index (Phi) is 4.80. The third kappa shape index (κ3) is 3.34. The minimum absolute atomic E-state index is 0.168. The van der Waals surface area contributed by atoms with Crippen LogP contribution in [0.1, 0.15) is 24.4 Å². The number of imidazole rings is 1. The topological polar surface area (TPSA) is 40.7 Å². The van der Waals surface area contributed by atoms with Gasteiger partial charge in [-0.1, -0.05) is 40.5 Å². The third-order valence-electron chi connectivity index (χ3n) is 2.74. The number of halogens is 2. The van der Waals surface area contributed by atoms with Crippen LogP contribution in [0.25, 0.3) is 0 Å². The lowest BCUT2D eigenvalue weighted by Gasteiger charge is -2.18. The summed E-state index contributed by atoms with van der Waals surface area (Å²) >= 11 is 9.72. The zero-order valence-electron chi connectivity index (χ0n) is 10.1. The first-order valence-corrected chi connectivity index (χ1v) is 7.04. The fourth-order valence-electron chi connectivity index (χ4n) is 1.93. The minimum Gasteiger partial charge on any atom is -0.349 e. The number of likely N-dealkylation sites (N-methyl/N-ethyl adjacent to an activating group) is 1. The van der Waals surface area contributed by atoms with Gasteiger partial charge in [-0.15, -0.1) is 0 Å². The van der Waals surface area contributed by atoms with Gasteiger partial charge in [0.2, 0.25) is 0 Å². The molecule has 0 radical (unpaired) electrons. The van der Waals surface area contributed by atoms with Crippen LogP contribution in [-0.4, -0.2) is 16.5 Å². The van der Waals surface area contributed by atoms with E-state index in [2.05, 4.69) is 38.1 Å². The lowest BCUT2D eigenvalue weighted by Crippen LogP contribution is -2.23. The Morgan fingerprint density at radius 1 is 1.50 bits per heavy atom. The number of hydrogen-bond acceptors (Lipinski definition) is 2. The Labute approximate surface area is 120 Å². The average molecular weight is 329 g/mol. The van der Waals surface area contributed by atoms with E-state index in [0.717, 1.165) is 33.8 Å². The summed E-state index contributed by atoms with van der Waals surface area (Å²) in [6.45, 7) is 2.97. The van der Waals surface area contributed by atoms with Gasteiger partial charge in [0.25, 0.3) is 0 Å². The number of benzene rings is 1. The molecule has 1 aromatic carbocycles. The maximum atomic E-state index is 6.30. The maximum Gasteiger partial charge on any atom is 0.107 e. The summed E-state index contributed by atoms with van der Waals surface area (Å²) in [4.78, 5) is 7.39. The molecule has 1 unspecified atom stereocenters. The monoisotopic (exact) mass is 327 g/mol. The fourth-order valence-corrected chi connectivity index (χ4v) is 2.73. The molecular weight excluding hydrogens is 314 g/mol. The second-order valence-electron chi connectivity index (χ2n) is 4.02. The van der Waals surface area contributed by atoms with Gasteiger partial charge in [-0.25, -0.2) is 4.98 Å². The van der Waals surface area contributed by atoms with Gasteiger partial charge in [-0.05, 0) is 24.2 Å². The van der Waals surface area contributed by atoms with Gasteiger partial charge >= 0.3 is 0 Å². The number of H-pyrrole nitrogens is 1. The molecule has 3 nitrogen and oxygen atoms in total. The number of aromatic amines is 1. The molecule has 96 valence electrons. The predicted octanol–water partition coefficient (Wildman–Crippen LogP) is 3.72. The second kappa shape index (κ2) is 6.36. The van der Waals surface area contributed by atoms with Crippen molar-refractivity contribution in [1.82, 2.24) is 15.3 Å². The highest BCUT2D eigenvalue weighted by Gasteiger charge is 2.15. The largest absolute Gasteiger partial charge is 0.349 e. The molecule has 0 aliphatic carbocycles. The van der Waals surface area contributed by atoms with Crippen molar-refractivity contribution in [2.24, 2.45) is 0 Å². The number of aromatic nitrogens is 2. The van der Waals surface area contributed by atoms with Crippen molar-refractivity contribution in [3.63, 3.8) is 0 Å². The Morgan fingerprint density at radius 3 is 2.94 bits per heavy atom. The minimum atomic E-state index is 0.168. The first kappa shape index (κ1) is 13.6. The van der Waals surface area contributed by atoms with Crippen molar-refractivity contribution < 1.29 is 0 Å². The molecule has 0 saturated heterocycles. The summed E-state index contributed by atoms with van der Waals surface area (Å²) in [6, 6.07) is 6.14. The normalized spacial score (nSPS) is 12.6. The molecule has 5 heteroatoms. The van der Waals surface area contributed by atoms with Crippen LogP contribution in [0.3, 0.4) is 0 Å². The first-order chi connectivity index (χ1) is 8.70. The van der Waals surface area contributed by atoms with Crippen LogP contribution in [0.5, 0.6) is 0 Å². The predicted molar refractivity (Wildman–Crippen MR) is 77.9 cm³/mol. The van der Waals surface area contributed by atoms with Crippen molar-refractivity contribution in [3.8, 4) is 0 Å². The number of nitrogens with one attached hydrogen (secondary N) is 2. The van der Waals surface area contributed by atoms with Crippen molar-refractivity contribution in [2.45, 2.75) is 19.4 Å². The summed E-state index contributed by atoms with van der Waals surface area (Å²) < 4.78 is 0.990. The lowest BCUT2D eigenvalue weighted by molar-refractivity contribution is 0.539. The SMILES string of the molecule is CCNC(Cc1ncc[nH]1)c1ccc(Br)cc1Cl. The molecule has 0 saturated carbocycles. The van der Waals surface area contributed by atoms with Crippen molar-refractivity contribution in [1.29, 1.82) is 0 Å². The molecule has 2 rings (SSSR count). The summed E-state index contributed by atoms with van der Waals surface area (Å²) in [7, 11) is 0. The molecule has 0 fully saturated rings. The number of rotatable bonds is 5. The van der Waals surface area contributed by atoms with Crippen LogP contribution in [0.15, 0.2) is 35.1 Å². The van der Waals surface area contributed by atoms with Crippen LogP contribution in [-0.2, 0) is 6.42 Å². The van der Waals surface area contributed by atoms with Crippen molar-refractivity contribution >= 4 is 27.5 Å². The molecular formula is C13H15BrClN3. The third-order valence-corrected chi connectivity index (χ3v) is 3.56. The molecule has 0 amide bonds. The molecule has 1 atom stereocenters. The van der Waals surface area contributed by atoms with E-state index in [0.29, 0.717) is 0 Å². The molecule has 1 aromatic heterocycles. The standard InChI is InChI=1S/C13H15BrClN3/c1-2-16-12(8-13-17-5-6-18-13)10-4-3-9(14)7-11(10)15/h3-7,12,16H,2,8H2,1H3,(H,17,18). The van der Waals surface area contributed by atoms with Gasteiger partial charge < -0.3 is 10.3 Å². The van der Waals surface area contributed by atoms with Gasteiger partial charge in [-0.2, -0.15) is 0 Å². The Balaban J connectivity index is 2.23. The van der Waals surface area contributed by atoms with E-state index in [9.17, 15) is 0 Å². The van der Waals surface area contributed by atoms with Crippen LogP contribution in [0.2, 0.25) is 5.02 Å². The van der Waals surface area contributed by atoms with E-state index in [1.165, 1.54) is 0 Å². The fraction of sp³-hybridized carbons (Fsp3) is 0.308. The first-order valence-electron chi connectivity index (χ1n) is 5.87. The molecule has 0 bridgehead atoms. The molecule has 0 aliphatic rings. The Bertz CT molecular complexity index is 499. The van der Waals surface area contributed by atoms with E-state index in [1.807, 2.05) is 24.4 Å². The second-order valence-corrected chi connectivity index (χ2v) is 5.34. The highest BCUT2D eigenvalue weighted by atomic mass is 79.9. The molecule has 0 spiro atoms. The smallest absolute Gasteiger partial charge is 0.107 e. The van der Waals surface area contributed by atoms with Crippen molar-refractivity contribution in [3.05, 3.63) is 51.5 Å². The zero-order valence-corrected chi connectivity index (χ0v) is 12.4. The highest BCUT2D eigenvalue weighted by molar-refractivity contribution is 9.10. The van der Waals surface area contributed by atoms with Crippen LogP contribution >= 0.6 is 27.5 Å². The van der Waals surface area contributed by atoms with Gasteiger partial charge in [-0.3, -0.25) is 0 Å². The summed E-state index contributed by atoms with van der Waals surface area (Å²) in [5, 5.41) is 4.20. The van der Waals surface area contributed by atoms with Crippen LogP contribution < -0.4 is 5.32 Å². The quantitative estimate of drug-likeness (QED) is 0.878. The highest BCUT2D eigenvalue weighted by Crippen LogP contribution is 2.28. The number of nitrogens with zero attached hydrogens (tertiary/aromatic N) is 1. The molecule has 1 heterocycles. The summed E-state index contributed by atoms with van der Waals surface area (Å²) in [5.74, 6) is 0.958. The molecule has 2 aromatic rings. The number of hydrogen-bond donors (Lipinski definition) is 2. The van der Waals surface area contributed by atoms with E-state index in [1.54, 1.807) is 6.20 Å². The Hall–Kier alpha value is -0.840. The van der Waals surface area contributed by atoms with E-state index >= 15 is 0 Å². The van der Waals surface area contributed by atoms with Crippen LogP contribution in [0, 0.1) is 0 Å². The van der Waals surface area contributed by atoms with Crippen molar-refractivity contribution in [2.75, 3.05) is 6.54 Å². The molecule has 2 N–H and O–H groups in total. The summed E-state index contributed by atoms with van der Waals surface area (Å²) in [6.07, 6.45) is 4.39. The maximum absolute atomic E-state index is 6.30. The van der Waals surface area contributed by atoms with Gasteiger partial charge in [0.05, 0.1) is 0 Å². The van der Waals surface area contributed by atoms with Gasteiger partial charge in [0.15, 0.2) is 0 Å².